The van der Waals surface area contributed by atoms with Crippen LogP contribution in [0.1, 0.15) is 38.3 Å². The molecule has 2 unspecified atom stereocenters. The Morgan fingerprint density at radius 1 is 1.53 bits per heavy atom. The predicted octanol–water partition coefficient (Wildman–Crippen LogP) is 1.88. The molecule has 1 aromatic heterocycles. The molecule has 0 spiro atoms. The molecule has 1 aromatic rings. The van der Waals surface area contributed by atoms with E-state index in [2.05, 4.69) is 17.3 Å². The van der Waals surface area contributed by atoms with Crippen LogP contribution in [0.2, 0.25) is 0 Å². The van der Waals surface area contributed by atoms with Crippen molar-refractivity contribution in [3.8, 4) is 0 Å². The summed E-state index contributed by atoms with van der Waals surface area (Å²) in [5.74, 6) is -0.535. The molecule has 0 aliphatic heterocycles. The van der Waals surface area contributed by atoms with Gasteiger partial charge in [0.05, 0.1) is 11.6 Å². The van der Waals surface area contributed by atoms with Gasteiger partial charge in [-0.15, -0.1) is 0 Å². The topological polar surface area (TPSA) is 67.2 Å². The molecule has 0 radical (unpaired) electrons. The zero-order valence-corrected chi connectivity index (χ0v) is 11.5. The van der Waals surface area contributed by atoms with Crippen molar-refractivity contribution in [2.75, 3.05) is 6.54 Å². The van der Waals surface area contributed by atoms with Crippen LogP contribution in [-0.4, -0.2) is 27.4 Å². The van der Waals surface area contributed by atoms with Crippen molar-refractivity contribution in [3.05, 3.63) is 18.0 Å². The van der Waals surface area contributed by atoms with Crippen LogP contribution in [0.3, 0.4) is 0 Å². The molecule has 0 bridgehead atoms. The standard InChI is InChI=1S/C14H23N3O2/c1-2-17-12(7-8-16-17)10-15-9-11-5-3-4-6-13(11)14(18)19/h7-8,11,13,15H,2-6,9-10H2,1H3,(H,18,19). The van der Waals surface area contributed by atoms with Crippen molar-refractivity contribution in [1.82, 2.24) is 15.1 Å². The number of aryl methyl sites for hydroxylation is 1. The average Bonchev–Trinajstić information content (AvgIpc) is 2.86. The Kier molecular flexibility index (Phi) is 4.96. The number of carboxylic acids is 1. The van der Waals surface area contributed by atoms with E-state index in [-0.39, 0.29) is 11.8 Å². The van der Waals surface area contributed by atoms with Gasteiger partial charge in [-0.1, -0.05) is 12.8 Å². The summed E-state index contributed by atoms with van der Waals surface area (Å²) < 4.78 is 1.96. The number of hydrogen-bond donors (Lipinski definition) is 2. The fourth-order valence-electron chi connectivity index (χ4n) is 2.96. The van der Waals surface area contributed by atoms with Crippen molar-refractivity contribution in [3.63, 3.8) is 0 Å². The average molecular weight is 265 g/mol. The summed E-state index contributed by atoms with van der Waals surface area (Å²) in [5.41, 5.74) is 1.16. The molecule has 1 aliphatic rings. The lowest BCUT2D eigenvalue weighted by molar-refractivity contribution is -0.144. The molecule has 1 aliphatic carbocycles. The summed E-state index contributed by atoms with van der Waals surface area (Å²) >= 11 is 0. The summed E-state index contributed by atoms with van der Waals surface area (Å²) in [4.78, 5) is 11.2. The Morgan fingerprint density at radius 3 is 3.05 bits per heavy atom. The molecule has 1 saturated carbocycles. The molecule has 5 nitrogen and oxygen atoms in total. The van der Waals surface area contributed by atoms with E-state index in [0.29, 0.717) is 0 Å². The van der Waals surface area contributed by atoms with Crippen molar-refractivity contribution in [1.29, 1.82) is 0 Å². The highest BCUT2D eigenvalue weighted by Gasteiger charge is 2.30. The minimum Gasteiger partial charge on any atom is -0.481 e. The Hall–Kier alpha value is -1.36. The molecule has 1 heterocycles. The Labute approximate surface area is 114 Å². The Bertz CT molecular complexity index is 417. The molecule has 2 rings (SSSR count). The number of carbonyl (C=O) groups is 1. The van der Waals surface area contributed by atoms with Crippen LogP contribution in [0.15, 0.2) is 12.3 Å². The first kappa shape index (κ1) is 14.1. The van der Waals surface area contributed by atoms with Gasteiger partial charge in [0.25, 0.3) is 0 Å². The summed E-state index contributed by atoms with van der Waals surface area (Å²) in [7, 11) is 0. The second-order valence-corrected chi connectivity index (χ2v) is 5.26. The van der Waals surface area contributed by atoms with E-state index in [9.17, 15) is 9.90 Å². The van der Waals surface area contributed by atoms with Crippen molar-refractivity contribution in [2.45, 2.75) is 45.7 Å². The fourth-order valence-corrected chi connectivity index (χ4v) is 2.96. The van der Waals surface area contributed by atoms with E-state index < -0.39 is 5.97 Å². The van der Waals surface area contributed by atoms with Gasteiger partial charge < -0.3 is 10.4 Å². The number of nitrogens with zero attached hydrogens (tertiary/aromatic N) is 2. The third kappa shape index (κ3) is 3.56. The number of rotatable bonds is 6. The van der Waals surface area contributed by atoms with Gasteiger partial charge in [-0.25, -0.2) is 0 Å². The largest absolute Gasteiger partial charge is 0.481 e. The van der Waals surface area contributed by atoms with Crippen LogP contribution < -0.4 is 5.32 Å². The van der Waals surface area contributed by atoms with Crippen molar-refractivity contribution >= 4 is 5.97 Å². The van der Waals surface area contributed by atoms with E-state index >= 15 is 0 Å². The van der Waals surface area contributed by atoms with E-state index in [1.807, 2.05) is 10.7 Å². The summed E-state index contributed by atoms with van der Waals surface area (Å²) in [6.45, 7) is 4.48. The van der Waals surface area contributed by atoms with E-state index in [1.54, 1.807) is 6.20 Å². The van der Waals surface area contributed by atoms with Gasteiger partial charge in [-0.05, 0) is 38.3 Å². The zero-order valence-electron chi connectivity index (χ0n) is 11.5. The molecule has 1 fully saturated rings. The van der Waals surface area contributed by atoms with Crippen LogP contribution in [0, 0.1) is 11.8 Å². The number of hydrogen-bond acceptors (Lipinski definition) is 3. The van der Waals surface area contributed by atoms with Crippen LogP contribution >= 0.6 is 0 Å². The molecule has 2 N–H and O–H groups in total. The highest BCUT2D eigenvalue weighted by atomic mass is 16.4. The molecule has 106 valence electrons. The van der Waals surface area contributed by atoms with Gasteiger partial charge in [0.2, 0.25) is 0 Å². The van der Waals surface area contributed by atoms with Gasteiger partial charge in [0, 0.05) is 19.3 Å². The molecular formula is C14H23N3O2. The summed E-state index contributed by atoms with van der Waals surface area (Å²) in [6.07, 6.45) is 5.87. The minimum atomic E-state index is -0.634. The second kappa shape index (κ2) is 6.70. The van der Waals surface area contributed by atoms with E-state index in [4.69, 9.17) is 0 Å². The molecule has 0 aromatic carbocycles. The zero-order chi connectivity index (χ0) is 13.7. The summed E-state index contributed by atoms with van der Waals surface area (Å²) in [5, 5.41) is 16.9. The summed E-state index contributed by atoms with van der Waals surface area (Å²) in [6, 6.07) is 2.01. The van der Waals surface area contributed by atoms with Gasteiger partial charge in [-0.2, -0.15) is 5.10 Å². The lowest BCUT2D eigenvalue weighted by Gasteiger charge is -2.28. The first-order chi connectivity index (χ1) is 9.22. The lowest BCUT2D eigenvalue weighted by Crippen LogP contribution is -2.34. The van der Waals surface area contributed by atoms with Crippen molar-refractivity contribution < 1.29 is 9.90 Å². The Balaban J connectivity index is 1.82. The molecular weight excluding hydrogens is 242 g/mol. The van der Waals surface area contributed by atoms with Crippen LogP contribution in [0.4, 0.5) is 0 Å². The predicted molar refractivity (Wildman–Crippen MR) is 72.7 cm³/mol. The second-order valence-electron chi connectivity index (χ2n) is 5.26. The maximum Gasteiger partial charge on any atom is 0.306 e. The SMILES string of the molecule is CCn1nccc1CNCC1CCCCC1C(=O)O. The maximum atomic E-state index is 11.2. The monoisotopic (exact) mass is 265 g/mol. The third-order valence-electron chi connectivity index (χ3n) is 4.04. The molecule has 19 heavy (non-hydrogen) atoms. The normalized spacial score (nSPS) is 23.4. The number of aliphatic carboxylic acids is 1. The quantitative estimate of drug-likeness (QED) is 0.824. The van der Waals surface area contributed by atoms with Gasteiger partial charge in [-0.3, -0.25) is 9.48 Å². The van der Waals surface area contributed by atoms with Crippen LogP contribution in [0.5, 0.6) is 0 Å². The highest BCUT2D eigenvalue weighted by molar-refractivity contribution is 5.70. The van der Waals surface area contributed by atoms with Crippen LogP contribution in [0.25, 0.3) is 0 Å². The van der Waals surface area contributed by atoms with Gasteiger partial charge in [0.15, 0.2) is 0 Å². The number of carboxylic acid groups (broad SMARTS) is 1. The molecule has 0 saturated heterocycles. The first-order valence-corrected chi connectivity index (χ1v) is 7.16. The fraction of sp³-hybridized carbons (Fsp3) is 0.714. The molecule has 2 atom stereocenters. The Morgan fingerprint density at radius 2 is 2.32 bits per heavy atom. The van der Waals surface area contributed by atoms with Gasteiger partial charge >= 0.3 is 5.97 Å². The maximum absolute atomic E-state index is 11.2. The third-order valence-corrected chi connectivity index (χ3v) is 4.04. The minimum absolute atomic E-state index is 0.169. The van der Waals surface area contributed by atoms with Crippen molar-refractivity contribution in [2.24, 2.45) is 11.8 Å². The van der Waals surface area contributed by atoms with E-state index in [1.165, 1.54) is 0 Å². The van der Waals surface area contributed by atoms with Gasteiger partial charge in [0.1, 0.15) is 0 Å². The lowest BCUT2D eigenvalue weighted by atomic mass is 9.79. The van der Waals surface area contributed by atoms with E-state index in [0.717, 1.165) is 51.0 Å². The van der Waals surface area contributed by atoms with Crippen LogP contribution in [-0.2, 0) is 17.9 Å². The number of aromatic nitrogens is 2. The first-order valence-electron chi connectivity index (χ1n) is 7.16. The molecule has 5 heteroatoms. The number of nitrogens with one attached hydrogen (secondary N) is 1. The smallest absolute Gasteiger partial charge is 0.306 e. The molecule has 0 amide bonds. The highest BCUT2D eigenvalue weighted by Crippen LogP contribution is 2.29.